The van der Waals surface area contributed by atoms with Crippen molar-refractivity contribution in [2.75, 3.05) is 19.5 Å². The molecular formula is C19H22N2O3S. The average molecular weight is 358 g/mol. The van der Waals surface area contributed by atoms with Gasteiger partial charge in [0.05, 0.1) is 19.1 Å². The van der Waals surface area contributed by atoms with Gasteiger partial charge in [0.2, 0.25) is 5.91 Å². The van der Waals surface area contributed by atoms with Crippen molar-refractivity contribution in [1.82, 2.24) is 5.32 Å². The first kappa shape index (κ1) is 17.5. The molecule has 0 atom stereocenters. The number of methoxy groups -OCH3 is 1. The lowest BCUT2D eigenvalue weighted by molar-refractivity contribution is -0.115. The lowest BCUT2D eigenvalue weighted by atomic mass is 9.95. The zero-order chi connectivity index (χ0) is 17.8. The summed E-state index contributed by atoms with van der Waals surface area (Å²) in [6.45, 7) is 0. The monoisotopic (exact) mass is 358 g/mol. The van der Waals surface area contributed by atoms with E-state index in [9.17, 15) is 9.59 Å². The summed E-state index contributed by atoms with van der Waals surface area (Å²) in [5, 5.41) is 6.31. The number of fused-ring (bicyclic) bond motifs is 1. The van der Waals surface area contributed by atoms with Gasteiger partial charge in [-0.2, -0.15) is 0 Å². The first-order valence-electron chi connectivity index (χ1n) is 8.41. The minimum absolute atomic E-state index is 0.117. The van der Waals surface area contributed by atoms with Crippen LogP contribution in [0.3, 0.4) is 0 Å². The molecule has 0 unspecified atom stereocenters. The van der Waals surface area contributed by atoms with Crippen LogP contribution in [0.5, 0.6) is 5.75 Å². The van der Waals surface area contributed by atoms with Gasteiger partial charge in [-0.05, 0) is 48.9 Å². The molecule has 25 heavy (non-hydrogen) atoms. The van der Waals surface area contributed by atoms with Crippen molar-refractivity contribution < 1.29 is 14.3 Å². The van der Waals surface area contributed by atoms with E-state index < -0.39 is 0 Å². The molecule has 1 aliphatic carbocycles. The molecule has 1 aliphatic rings. The second-order valence-electron chi connectivity index (χ2n) is 6.07. The summed E-state index contributed by atoms with van der Waals surface area (Å²) in [7, 11) is 3.23. The molecule has 0 saturated heterocycles. The van der Waals surface area contributed by atoms with Gasteiger partial charge in [0.25, 0.3) is 5.91 Å². The Morgan fingerprint density at radius 3 is 2.56 bits per heavy atom. The highest BCUT2D eigenvalue weighted by molar-refractivity contribution is 7.17. The number of nitrogens with one attached hydrogen (secondary N) is 2. The third-order valence-electron chi connectivity index (χ3n) is 4.40. The van der Waals surface area contributed by atoms with Gasteiger partial charge in [-0.15, -0.1) is 11.3 Å². The molecule has 0 radical (unpaired) electrons. The molecule has 0 bridgehead atoms. The first-order valence-corrected chi connectivity index (χ1v) is 9.23. The standard InChI is InChI=1S/C19H22N2O3S/c1-20-18(23)17-14-5-3-4-6-15(14)25-19(17)21-16(22)11-12-7-9-13(24-2)10-8-12/h7-10H,3-6,11H2,1-2H3,(H,20,23)(H,21,22). The molecule has 132 valence electrons. The third-order valence-corrected chi connectivity index (χ3v) is 5.61. The molecule has 0 saturated carbocycles. The van der Waals surface area contributed by atoms with Crippen molar-refractivity contribution >= 4 is 28.2 Å². The van der Waals surface area contributed by atoms with E-state index in [1.807, 2.05) is 24.3 Å². The van der Waals surface area contributed by atoms with E-state index in [0.29, 0.717) is 10.6 Å². The normalized spacial score (nSPS) is 13.0. The highest BCUT2D eigenvalue weighted by Crippen LogP contribution is 2.38. The topological polar surface area (TPSA) is 67.4 Å². The number of anilines is 1. The Labute approximate surface area is 151 Å². The second-order valence-corrected chi connectivity index (χ2v) is 7.17. The maximum atomic E-state index is 12.4. The van der Waals surface area contributed by atoms with Gasteiger partial charge >= 0.3 is 0 Å². The highest BCUT2D eigenvalue weighted by Gasteiger charge is 2.25. The molecule has 3 rings (SSSR count). The number of hydrogen-bond acceptors (Lipinski definition) is 4. The fraction of sp³-hybridized carbons (Fsp3) is 0.368. The van der Waals surface area contributed by atoms with Gasteiger partial charge < -0.3 is 15.4 Å². The van der Waals surface area contributed by atoms with E-state index in [0.717, 1.165) is 42.6 Å². The van der Waals surface area contributed by atoms with Crippen LogP contribution in [0.4, 0.5) is 5.00 Å². The van der Waals surface area contributed by atoms with Gasteiger partial charge in [-0.1, -0.05) is 12.1 Å². The summed E-state index contributed by atoms with van der Waals surface area (Å²) in [5.41, 5.74) is 2.65. The predicted molar refractivity (Wildman–Crippen MR) is 99.7 cm³/mol. The minimum atomic E-state index is -0.126. The van der Waals surface area contributed by atoms with Crippen LogP contribution in [0.1, 0.15) is 39.2 Å². The van der Waals surface area contributed by atoms with Crippen LogP contribution >= 0.6 is 11.3 Å². The molecular weight excluding hydrogens is 336 g/mol. The maximum Gasteiger partial charge on any atom is 0.254 e. The number of amides is 2. The number of carbonyl (C=O) groups is 2. The molecule has 1 heterocycles. The number of carbonyl (C=O) groups excluding carboxylic acids is 2. The molecule has 2 N–H and O–H groups in total. The first-order chi connectivity index (χ1) is 12.1. The van der Waals surface area contributed by atoms with Gasteiger partial charge in [-0.25, -0.2) is 0 Å². The number of hydrogen-bond donors (Lipinski definition) is 2. The van der Waals surface area contributed by atoms with Crippen LogP contribution in [0, 0.1) is 0 Å². The SMILES string of the molecule is CNC(=O)c1c(NC(=O)Cc2ccc(OC)cc2)sc2c1CCCC2. The summed E-state index contributed by atoms with van der Waals surface area (Å²) in [5.74, 6) is 0.519. The van der Waals surface area contributed by atoms with Crippen molar-refractivity contribution in [3.05, 3.63) is 45.8 Å². The summed E-state index contributed by atoms with van der Waals surface area (Å²) < 4.78 is 5.13. The van der Waals surface area contributed by atoms with Crippen molar-refractivity contribution in [2.24, 2.45) is 0 Å². The van der Waals surface area contributed by atoms with Gasteiger partial charge in [-0.3, -0.25) is 9.59 Å². The Hall–Kier alpha value is -2.34. The van der Waals surface area contributed by atoms with Gasteiger partial charge in [0, 0.05) is 11.9 Å². The molecule has 0 fully saturated rings. The van der Waals surface area contributed by atoms with Gasteiger partial charge in [0.1, 0.15) is 10.8 Å². The Bertz CT molecular complexity index is 781. The van der Waals surface area contributed by atoms with E-state index in [2.05, 4.69) is 10.6 Å². The summed E-state index contributed by atoms with van der Waals surface area (Å²) in [4.78, 5) is 26.0. The number of thiophene rings is 1. The average Bonchev–Trinajstić information content (AvgIpc) is 2.99. The number of aryl methyl sites for hydroxylation is 1. The summed E-state index contributed by atoms with van der Waals surface area (Å²) in [6, 6.07) is 7.42. The quantitative estimate of drug-likeness (QED) is 0.863. The Morgan fingerprint density at radius 2 is 1.88 bits per heavy atom. The van der Waals surface area contributed by atoms with E-state index in [1.165, 1.54) is 16.2 Å². The van der Waals surface area contributed by atoms with Crippen LogP contribution < -0.4 is 15.4 Å². The zero-order valence-electron chi connectivity index (χ0n) is 14.5. The maximum absolute atomic E-state index is 12.4. The van der Waals surface area contributed by atoms with Gasteiger partial charge in [0.15, 0.2) is 0 Å². The number of benzene rings is 1. The van der Waals surface area contributed by atoms with E-state index in [-0.39, 0.29) is 18.2 Å². The summed E-state index contributed by atoms with van der Waals surface area (Å²) in [6.07, 6.45) is 4.38. The van der Waals surface area contributed by atoms with E-state index in [1.54, 1.807) is 14.2 Å². The molecule has 0 aliphatic heterocycles. The van der Waals surface area contributed by atoms with E-state index in [4.69, 9.17) is 4.74 Å². The third kappa shape index (κ3) is 3.85. The zero-order valence-corrected chi connectivity index (χ0v) is 15.3. The second kappa shape index (κ2) is 7.70. The molecule has 0 spiro atoms. The molecule has 1 aromatic heterocycles. The lowest BCUT2D eigenvalue weighted by Gasteiger charge is -2.12. The summed E-state index contributed by atoms with van der Waals surface area (Å²) >= 11 is 1.54. The van der Waals surface area contributed by atoms with Crippen molar-refractivity contribution in [3.63, 3.8) is 0 Å². The Morgan fingerprint density at radius 1 is 1.16 bits per heavy atom. The fourth-order valence-electron chi connectivity index (χ4n) is 3.12. The van der Waals surface area contributed by atoms with Crippen LogP contribution in [0.15, 0.2) is 24.3 Å². The van der Waals surface area contributed by atoms with E-state index >= 15 is 0 Å². The predicted octanol–water partition coefficient (Wildman–Crippen LogP) is 3.18. The molecule has 1 aromatic carbocycles. The lowest BCUT2D eigenvalue weighted by Crippen LogP contribution is -2.22. The number of rotatable bonds is 5. The minimum Gasteiger partial charge on any atom is -0.497 e. The Balaban J connectivity index is 1.78. The molecule has 2 amide bonds. The number of ether oxygens (including phenoxy) is 1. The van der Waals surface area contributed by atoms with Crippen LogP contribution in [0.2, 0.25) is 0 Å². The van der Waals surface area contributed by atoms with Crippen LogP contribution in [0.25, 0.3) is 0 Å². The fourth-order valence-corrected chi connectivity index (χ4v) is 4.42. The van der Waals surface area contributed by atoms with Crippen LogP contribution in [-0.4, -0.2) is 26.0 Å². The van der Waals surface area contributed by atoms with Crippen LogP contribution in [-0.2, 0) is 24.1 Å². The van der Waals surface area contributed by atoms with Crippen molar-refractivity contribution in [2.45, 2.75) is 32.1 Å². The van der Waals surface area contributed by atoms with Crippen molar-refractivity contribution in [3.8, 4) is 5.75 Å². The molecule has 5 nitrogen and oxygen atoms in total. The largest absolute Gasteiger partial charge is 0.497 e. The smallest absolute Gasteiger partial charge is 0.254 e. The van der Waals surface area contributed by atoms with Crippen molar-refractivity contribution in [1.29, 1.82) is 0 Å². The Kier molecular flexibility index (Phi) is 5.38. The molecule has 2 aromatic rings. The highest BCUT2D eigenvalue weighted by atomic mass is 32.1. The molecule has 6 heteroatoms.